The standard InChI is InChI=1S/C52H38N4O8.Mn/c1-61-49(57)33-13-5-29(6-14-33)45-37-21-23-39(53-37)46(30-7-15-34(16-8-30)50(58)62-2)41-25-27-43(55-41)48(32-11-19-36(20-12-32)52(60)64-4)44-28-26-42(56-44)47(40-24-22-38(45)54-40)31-9-17-35(18-10-31)51(59)63-3;/h5-28H,1-4H3,(H2-2,53,54,55,56,57,58,59,60);/q-2;/p-2/b45-37-,45-38?,46-39-,46-41?,47-40?,47-42-,48-43?,48-44-;. The molecule has 5 heterocycles. The van der Waals surface area contributed by atoms with Crippen LogP contribution in [-0.4, -0.2) is 52.3 Å². The van der Waals surface area contributed by atoms with E-state index in [-0.39, 0.29) is 17.1 Å². The second kappa shape index (κ2) is 18.3. The summed E-state index contributed by atoms with van der Waals surface area (Å²) < 4.78 is 19.9. The molecule has 1 aliphatic heterocycles. The van der Waals surface area contributed by atoms with Crippen molar-refractivity contribution in [1.82, 2.24) is 19.9 Å². The maximum absolute atomic E-state index is 12.5. The first kappa shape index (κ1) is 43.5. The summed E-state index contributed by atoms with van der Waals surface area (Å²) in [7, 11) is 5.35. The van der Waals surface area contributed by atoms with E-state index < -0.39 is 23.9 Å². The van der Waals surface area contributed by atoms with Gasteiger partial charge in [-0.25, -0.2) is 19.2 Å². The first-order valence-corrected chi connectivity index (χ1v) is 20.0. The van der Waals surface area contributed by atoms with Crippen LogP contribution in [0.4, 0.5) is 0 Å². The molecule has 0 spiro atoms. The van der Waals surface area contributed by atoms with Gasteiger partial charge in [0.05, 0.1) is 50.7 Å². The van der Waals surface area contributed by atoms with E-state index in [1.54, 1.807) is 48.5 Å². The molecule has 0 saturated heterocycles. The summed E-state index contributed by atoms with van der Waals surface area (Å²) in [4.78, 5) is 70.9. The summed E-state index contributed by atoms with van der Waals surface area (Å²) in [5.74, 6) is -1.86. The molecule has 9 rings (SSSR count). The van der Waals surface area contributed by atoms with Gasteiger partial charge in [0, 0.05) is 17.1 Å². The minimum Gasteiger partial charge on any atom is -0.657 e. The first-order chi connectivity index (χ1) is 31.2. The Kier molecular flexibility index (Phi) is 12.3. The summed E-state index contributed by atoms with van der Waals surface area (Å²) in [5, 5.41) is 2.40. The smallest absolute Gasteiger partial charge is 0.337 e. The minimum absolute atomic E-state index is 0. The summed E-state index contributed by atoms with van der Waals surface area (Å²) >= 11 is 0. The fourth-order valence-corrected chi connectivity index (χ4v) is 7.83. The molecule has 12 nitrogen and oxygen atoms in total. The van der Waals surface area contributed by atoms with Gasteiger partial charge in [0.2, 0.25) is 0 Å². The molecular formula is C52H36MnN4O8-4. The number of rotatable bonds is 8. The molecule has 0 unspecified atom stereocenters. The van der Waals surface area contributed by atoms with E-state index in [4.69, 9.17) is 38.9 Å². The fourth-order valence-electron chi connectivity index (χ4n) is 7.83. The Morgan fingerprint density at radius 3 is 0.677 bits per heavy atom. The van der Waals surface area contributed by atoms with E-state index in [9.17, 15) is 19.2 Å². The van der Waals surface area contributed by atoms with Gasteiger partial charge in [-0.05, 0) is 93.1 Å². The molecule has 8 aromatic rings. The summed E-state index contributed by atoms with van der Waals surface area (Å²) in [6.45, 7) is 0. The molecule has 0 amide bonds. The molecule has 1 radical (unpaired) electrons. The largest absolute Gasteiger partial charge is 0.657 e. The molecule has 0 N–H and O–H groups in total. The Morgan fingerprint density at radius 2 is 0.492 bits per heavy atom. The van der Waals surface area contributed by atoms with Gasteiger partial charge in [-0.1, -0.05) is 97.1 Å². The minimum atomic E-state index is -0.464. The van der Waals surface area contributed by atoms with Crippen molar-refractivity contribution in [1.29, 1.82) is 0 Å². The van der Waals surface area contributed by atoms with Gasteiger partial charge >= 0.3 is 23.9 Å². The number of benzene rings is 4. The second-order valence-electron chi connectivity index (χ2n) is 14.6. The van der Waals surface area contributed by atoms with E-state index in [1.807, 2.05) is 97.1 Å². The van der Waals surface area contributed by atoms with Crippen molar-refractivity contribution >= 4 is 46.2 Å². The zero-order valence-electron chi connectivity index (χ0n) is 35.3. The molecule has 323 valence electrons. The van der Waals surface area contributed by atoms with Crippen LogP contribution in [0.15, 0.2) is 146 Å². The fraction of sp³-hybridized carbons (Fsp3) is 0.0769. The molecular weight excluding hydrogens is 864 g/mol. The molecule has 1 aliphatic rings. The number of nitrogens with zero attached hydrogens (tertiary/aromatic N) is 4. The molecule has 0 fully saturated rings. The number of carbonyl (C=O) groups excluding carboxylic acids is 4. The summed E-state index contributed by atoms with van der Waals surface area (Å²) in [6.07, 6.45) is 0. The maximum atomic E-state index is 12.5. The molecule has 4 aromatic heterocycles. The van der Waals surface area contributed by atoms with Crippen molar-refractivity contribution in [3.8, 4) is 0 Å². The SMILES string of the molecule is COC(=O)c1ccc(/C2=c3\cc/c([n-]3)=C(\c3ccc(C(=O)OC)cc3)c3ccc([n-]3)/C(c3ccc(C(=O)OC)cc3)=c3/cc/c([n-]3)=C(\c3ccc(C(=O)OC)cc3)c3ccc2[n-]3)cc1.[Mn]. The third-order valence-electron chi connectivity index (χ3n) is 11.0. The summed E-state index contributed by atoms with van der Waals surface area (Å²) in [5.41, 5.74) is 9.71. The van der Waals surface area contributed by atoms with Crippen LogP contribution < -0.4 is 41.3 Å². The van der Waals surface area contributed by atoms with Crippen LogP contribution in [0.3, 0.4) is 0 Å². The van der Waals surface area contributed by atoms with Crippen molar-refractivity contribution in [2.75, 3.05) is 28.4 Å². The predicted octanol–water partition coefficient (Wildman–Crippen LogP) is 3.96. The van der Waals surface area contributed by atoms with Crippen molar-refractivity contribution in [3.63, 3.8) is 0 Å². The average Bonchev–Trinajstić information content (AvgIpc) is 4.20. The number of aromatic nitrogens is 4. The Balaban J connectivity index is 0.00000576. The normalized spacial score (nSPS) is 15.3. The van der Waals surface area contributed by atoms with Crippen LogP contribution in [0.5, 0.6) is 0 Å². The topological polar surface area (TPSA) is 162 Å². The third kappa shape index (κ3) is 8.29. The molecule has 8 bridgehead atoms. The van der Waals surface area contributed by atoms with Gasteiger partial charge in [0.25, 0.3) is 0 Å². The van der Waals surface area contributed by atoms with E-state index >= 15 is 0 Å². The van der Waals surface area contributed by atoms with Crippen LogP contribution in [0.2, 0.25) is 0 Å². The molecule has 0 aliphatic carbocycles. The van der Waals surface area contributed by atoms with Crippen molar-refractivity contribution in [2.45, 2.75) is 0 Å². The molecule has 0 atom stereocenters. The van der Waals surface area contributed by atoms with Crippen LogP contribution in [0.1, 0.15) is 86.5 Å². The third-order valence-corrected chi connectivity index (χ3v) is 11.0. The Bertz CT molecular complexity index is 2930. The van der Waals surface area contributed by atoms with Gasteiger partial charge in [-0.3, -0.25) is 0 Å². The van der Waals surface area contributed by atoms with Gasteiger partial charge in [-0.15, -0.1) is 44.2 Å². The number of methoxy groups -OCH3 is 4. The quantitative estimate of drug-likeness (QED) is 0.123. The van der Waals surface area contributed by atoms with Gasteiger partial charge in [-0.2, -0.15) is 0 Å². The molecule has 65 heavy (non-hydrogen) atoms. The van der Waals surface area contributed by atoms with Crippen LogP contribution >= 0.6 is 0 Å². The number of fused-ring (bicyclic) bond motifs is 8. The number of carbonyl (C=O) groups is 4. The van der Waals surface area contributed by atoms with Crippen molar-refractivity contribution in [3.05, 3.63) is 234 Å². The van der Waals surface area contributed by atoms with E-state index in [2.05, 4.69) is 0 Å². The van der Waals surface area contributed by atoms with Crippen molar-refractivity contribution in [2.24, 2.45) is 0 Å². The van der Waals surface area contributed by atoms with Crippen LogP contribution in [0.25, 0.3) is 22.3 Å². The van der Waals surface area contributed by atoms with Gasteiger partial charge in [0.15, 0.2) is 0 Å². The molecule has 4 aromatic carbocycles. The van der Waals surface area contributed by atoms with E-state index in [0.29, 0.717) is 88.7 Å². The van der Waals surface area contributed by atoms with Crippen molar-refractivity contribution < 1.29 is 55.2 Å². The van der Waals surface area contributed by atoms with E-state index in [1.165, 1.54) is 28.4 Å². The number of ether oxygens (including phenoxy) is 4. The molecule has 0 saturated carbocycles. The Morgan fingerprint density at radius 1 is 0.292 bits per heavy atom. The van der Waals surface area contributed by atoms with Crippen LogP contribution in [-0.2, 0) is 36.0 Å². The zero-order valence-corrected chi connectivity index (χ0v) is 36.5. The number of hydrogen-bond acceptors (Lipinski definition) is 8. The predicted molar refractivity (Wildman–Crippen MR) is 235 cm³/mol. The molecule has 13 heteroatoms. The maximum Gasteiger partial charge on any atom is 0.337 e. The second-order valence-corrected chi connectivity index (χ2v) is 14.6. The summed E-state index contributed by atoms with van der Waals surface area (Å²) in [6, 6.07) is 43.6. The number of hydrogen-bond donors (Lipinski definition) is 0. The van der Waals surface area contributed by atoms with Gasteiger partial charge < -0.3 is 38.9 Å². The zero-order chi connectivity index (χ0) is 44.5. The van der Waals surface area contributed by atoms with Crippen LogP contribution in [0, 0.1) is 0 Å². The van der Waals surface area contributed by atoms with Gasteiger partial charge in [0.1, 0.15) is 0 Å². The number of esters is 4. The van der Waals surface area contributed by atoms with E-state index in [0.717, 1.165) is 22.3 Å². The Labute approximate surface area is 382 Å². The first-order valence-electron chi connectivity index (χ1n) is 20.0. The average molecular weight is 900 g/mol. The Hall–Kier alpha value is -8.12. The monoisotopic (exact) mass is 899 g/mol.